The van der Waals surface area contributed by atoms with E-state index in [2.05, 4.69) is 94.5 Å². The molecule has 2 aliphatic carbocycles. The van der Waals surface area contributed by atoms with Crippen LogP contribution in [0, 0.1) is 11.3 Å². The van der Waals surface area contributed by atoms with Gasteiger partial charge in [0, 0.05) is 0 Å². The zero-order valence-corrected chi connectivity index (χ0v) is 17.5. The predicted octanol–water partition coefficient (Wildman–Crippen LogP) is 6.24. The predicted molar refractivity (Wildman–Crippen MR) is 120 cm³/mol. The second-order valence-corrected chi connectivity index (χ2v) is 8.71. The highest BCUT2D eigenvalue weighted by atomic mass is 14.3. The minimum absolute atomic E-state index is 0.196. The largest absolute Gasteiger partial charge is 0.0911 e. The molecule has 0 spiro atoms. The lowest BCUT2D eigenvalue weighted by molar-refractivity contribution is 0.362. The fourth-order valence-corrected chi connectivity index (χ4v) is 4.41. The summed E-state index contributed by atoms with van der Waals surface area (Å²) in [5.74, 6) is 0.570. The zero-order valence-electron chi connectivity index (χ0n) is 17.5. The van der Waals surface area contributed by atoms with E-state index in [1.165, 1.54) is 47.3 Å². The summed E-state index contributed by atoms with van der Waals surface area (Å²) in [6.45, 7) is 9.11. The first-order valence-electron chi connectivity index (χ1n) is 10.5. The molecule has 1 aromatic rings. The van der Waals surface area contributed by atoms with Gasteiger partial charge in [-0.15, -0.1) is 0 Å². The molecule has 0 amide bonds. The summed E-state index contributed by atoms with van der Waals surface area (Å²) in [7, 11) is 0. The zero-order chi connectivity index (χ0) is 19.3. The Kier molecular flexibility index (Phi) is 6.37. The van der Waals surface area contributed by atoms with Crippen LogP contribution in [0.5, 0.6) is 0 Å². The second kappa shape index (κ2) is 8.74. The van der Waals surface area contributed by atoms with Gasteiger partial charge >= 0.3 is 0 Å². The van der Waals surface area contributed by atoms with Crippen LogP contribution in [0.3, 0.4) is 0 Å². The summed E-state index contributed by atoms with van der Waals surface area (Å²) in [6, 6.07) is 8.97. The highest BCUT2D eigenvalue weighted by Crippen LogP contribution is 2.36. The summed E-state index contributed by atoms with van der Waals surface area (Å²) in [5, 5.41) is 2.90. The quantitative estimate of drug-likeness (QED) is 0.528. The van der Waals surface area contributed by atoms with Gasteiger partial charge in [0.25, 0.3) is 0 Å². The lowest BCUT2D eigenvalue weighted by Gasteiger charge is -2.32. The van der Waals surface area contributed by atoms with Crippen LogP contribution in [0.2, 0.25) is 0 Å². The summed E-state index contributed by atoms with van der Waals surface area (Å²) in [5.41, 5.74) is 4.78. The van der Waals surface area contributed by atoms with Crippen LogP contribution < -0.4 is 10.4 Å². The molecule has 0 aliphatic heterocycles. The summed E-state index contributed by atoms with van der Waals surface area (Å²) in [6.07, 6.45) is 22.1. The Bertz CT molecular complexity index is 900. The molecule has 0 nitrogen and oxygen atoms in total. The van der Waals surface area contributed by atoms with E-state index in [1.807, 2.05) is 0 Å². The van der Waals surface area contributed by atoms with Crippen LogP contribution in [0.1, 0.15) is 59.8 Å². The molecule has 1 atom stereocenters. The van der Waals surface area contributed by atoms with Gasteiger partial charge in [-0.1, -0.05) is 91.8 Å². The van der Waals surface area contributed by atoms with Gasteiger partial charge < -0.3 is 0 Å². The number of allylic oxidation sites excluding steroid dienone is 8. The van der Waals surface area contributed by atoms with E-state index in [-0.39, 0.29) is 5.41 Å². The van der Waals surface area contributed by atoms with Crippen molar-refractivity contribution >= 4 is 11.6 Å². The summed E-state index contributed by atoms with van der Waals surface area (Å²) in [4.78, 5) is 0. The van der Waals surface area contributed by atoms with Crippen molar-refractivity contribution in [1.29, 1.82) is 0 Å². The smallest absolute Gasteiger partial charge is 0.0101 e. The Balaban J connectivity index is 1.80. The van der Waals surface area contributed by atoms with E-state index in [0.29, 0.717) is 5.92 Å². The van der Waals surface area contributed by atoms with E-state index in [4.69, 9.17) is 0 Å². The van der Waals surface area contributed by atoms with Crippen LogP contribution in [0.15, 0.2) is 71.9 Å². The van der Waals surface area contributed by atoms with Crippen LogP contribution in [-0.2, 0) is 0 Å². The Morgan fingerprint density at radius 3 is 2.78 bits per heavy atom. The molecular formula is C27H34. The third-order valence-electron chi connectivity index (χ3n) is 6.00. The maximum Gasteiger partial charge on any atom is -0.0101 e. The van der Waals surface area contributed by atoms with E-state index in [9.17, 15) is 0 Å². The average Bonchev–Trinajstić information content (AvgIpc) is 2.85. The lowest BCUT2D eigenvalue weighted by atomic mass is 9.72. The monoisotopic (exact) mass is 358 g/mol. The van der Waals surface area contributed by atoms with Gasteiger partial charge in [-0.2, -0.15) is 0 Å². The van der Waals surface area contributed by atoms with Gasteiger partial charge in [0.1, 0.15) is 0 Å². The van der Waals surface area contributed by atoms with E-state index >= 15 is 0 Å². The fraction of sp³-hybridized carbons (Fsp3) is 0.407. The molecule has 1 unspecified atom stereocenters. The Morgan fingerprint density at radius 1 is 1.15 bits per heavy atom. The molecular weight excluding hydrogens is 324 g/mol. The molecule has 0 heteroatoms. The third-order valence-corrected chi connectivity index (χ3v) is 6.00. The highest BCUT2D eigenvalue weighted by Gasteiger charge is 2.27. The summed E-state index contributed by atoms with van der Waals surface area (Å²) < 4.78 is 0. The molecule has 27 heavy (non-hydrogen) atoms. The summed E-state index contributed by atoms with van der Waals surface area (Å²) >= 11 is 0. The van der Waals surface area contributed by atoms with Crippen molar-refractivity contribution in [2.75, 3.05) is 0 Å². The minimum atomic E-state index is 0.196. The first-order chi connectivity index (χ1) is 13.0. The standard InChI is InChI=1S/C27H34/c1-5-17-27(3,4)25-19-23-14-8-9-16-26(23)24(20-25)15-10-13-22-12-7-6-11-21(2)18-22/h5-9,12,14,16-19,25H,10-11,13,15,20H2,1-4H3. The molecule has 0 heterocycles. The fourth-order valence-electron chi connectivity index (χ4n) is 4.41. The second-order valence-electron chi connectivity index (χ2n) is 8.71. The van der Waals surface area contributed by atoms with Crippen LogP contribution in [0.4, 0.5) is 0 Å². The van der Waals surface area contributed by atoms with Crippen molar-refractivity contribution in [2.45, 2.75) is 59.8 Å². The molecule has 0 radical (unpaired) electrons. The van der Waals surface area contributed by atoms with Crippen molar-refractivity contribution in [3.63, 3.8) is 0 Å². The van der Waals surface area contributed by atoms with E-state index in [1.54, 1.807) is 5.57 Å². The number of hydrogen-bond acceptors (Lipinski definition) is 0. The Morgan fingerprint density at radius 2 is 1.96 bits per heavy atom. The molecule has 0 N–H and O–H groups in total. The maximum atomic E-state index is 2.50. The SMILES string of the molecule is CC=CC(C)(C)C1C=c2ccccc2=C(CCCC2=CC=CCC(C)=C2)C1. The van der Waals surface area contributed by atoms with Crippen LogP contribution >= 0.6 is 0 Å². The van der Waals surface area contributed by atoms with Gasteiger partial charge in [-0.25, -0.2) is 0 Å². The molecule has 1 aromatic carbocycles. The van der Waals surface area contributed by atoms with Crippen molar-refractivity contribution < 1.29 is 0 Å². The molecule has 0 bridgehead atoms. The minimum Gasteiger partial charge on any atom is -0.0911 e. The van der Waals surface area contributed by atoms with Crippen molar-refractivity contribution in [2.24, 2.45) is 11.3 Å². The van der Waals surface area contributed by atoms with E-state index < -0.39 is 0 Å². The van der Waals surface area contributed by atoms with Crippen LogP contribution in [0.25, 0.3) is 11.6 Å². The van der Waals surface area contributed by atoms with Gasteiger partial charge in [0.05, 0.1) is 0 Å². The molecule has 0 saturated carbocycles. The number of rotatable bonds is 6. The molecule has 3 rings (SSSR count). The number of fused-ring (bicyclic) bond motifs is 1. The number of hydrogen-bond donors (Lipinski definition) is 0. The Labute approximate surface area is 165 Å². The molecule has 2 aliphatic rings. The van der Waals surface area contributed by atoms with Crippen molar-refractivity contribution in [1.82, 2.24) is 0 Å². The molecule has 142 valence electrons. The lowest BCUT2D eigenvalue weighted by Crippen LogP contribution is -2.35. The first-order valence-corrected chi connectivity index (χ1v) is 10.5. The van der Waals surface area contributed by atoms with Gasteiger partial charge in [0.2, 0.25) is 0 Å². The highest BCUT2D eigenvalue weighted by molar-refractivity contribution is 5.53. The third kappa shape index (κ3) is 5.01. The Hall–Kier alpha value is -2.08. The van der Waals surface area contributed by atoms with Gasteiger partial charge in [-0.05, 0) is 73.3 Å². The normalized spacial score (nSPS) is 20.0. The van der Waals surface area contributed by atoms with Crippen LogP contribution in [-0.4, -0.2) is 0 Å². The molecule has 0 fully saturated rings. The molecule has 0 aromatic heterocycles. The van der Waals surface area contributed by atoms with Crippen molar-refractivity contribution in [3.05, 3.63) is 82.3 Å². The molecule has 0 saturated heterocycles. The van der Waals surface area contributed by atoms with Gasteiger partial charge in [0.15, 0.2) is 0 Å². The maximum absolute atomic E-state index is 2.50. The van der Waals surface area contributed by atoms with Gasteiger partial charge in [-0.3, -0.25) is 0 Å². The average molecular weight is 359 g/mol. The topological polar surface area (TPSA) is 0 Å². The van der Waals surface area contributed by atoms with E-state index in [0.717, 1.165) is 6.42 Å². The van der Waals surface area contributed by atoms with Crippen molar-refractivity contribution in [3.8, 4) is 0 Å². The number of benzene rings is 1. The first kappa shape index (κ1) is 19.7.